The Morgan fingerprint density at radius 3 is 2.29 bits per heavy atom. The molecule has 0 radical (unpaired) electrons. The lowest BCUT2D eigenvalue weighted by molar-refractivity contribution is -0.388. The summed E-state index contributed by atoms with van der Waals surface area (Å²) in [6.45, 7) is 2.78. The lowest BCUT2D eigenvalue weighted by atomic mass is 10.2. The van der Waals surface area contributed by atoms with E-state index in [0.29, 0.717) is 23.0 Å². The number of piperazine rings is 1. The van der Waals surface area contributed by atoms with E-state index < -0.39 is 46.7 Å². The summed E-state index contributed by atoms with van der Waals surface area (Å²) in [5.74, 6) is -0.674. The van der Waals surface area contributed by atoms with Crippen molar-refractivity contribution in [1.82, 2.24) is 14.1 Å². The van der Waals surface area contributed by atoms with Crippen molar-refractivity contribution >= 4 is 42.8 Å². The summed E-state index contributed by atoms with van der Waals surface area (Å²) >= 11 is 6.15. The summed E-state index contributed by atoms with van der Waals surface area (Å²) in [6, 6.07) is 17.6. The summed E-state index contributed by atoms with van der Waals surface area (Å²) in [5.41, 5.74) is -0.632. The van der Waals surface area contributed by atoms with Crippen molar-refractivity contribution in [3.05, 3.63) is 110 Å². The number of benzene rings is 3. The number of anilines is 1. The molecule has 0 unspecified atom stereocenters. The van der Waals surface area contributed by atoms with Crippen molar-refractivity contribution in [2.45, 2.75) is 35.3 Å². The molecule has 3 aromatic carbocycles. The highest BCUT2D eigenvalue weighted by Crippen LogP contribution is 2.45. The molecule has 13 nitrogen and oxygen atoms in total. The minimum absolute atomic E-state index is 0.00662. The van der Waals surface area contributed by atoms with Gasteiger partial charge in [0.2, 0.25) is 25.6 Å². The first-order chi connectivity index (χ1) is 22.8. The fourth-order valence-electron chi connectivity index (χ4n) is 5.52. The molecule has 1 saturated heterocycles. The number of hydrogen-bond acceptors (Lipinski definition) is 10. The van der Waals surface area contributed by atoms with Gasteiger partial charge < -0.3 is 9.64 Å². The molecule has 1 aliphatic heterocycles. The van der Waals surface area contributed by atoms with Gasteiger partial charge in [0.15, 0.2) is 0 Å². The number of hydrogen-bond donors (Lipinski definition) is 0. The lowest BCUT2D eigenvalue weighted by Gasteiger charge is -2.35. The molecule has 48 heavy (non-hydrogen) atoms. The van der Waals surface area contributed by atoms with Crippen LogP contribution in [0.3, 0.4) is 0 Å². The van der Waals surface area contributed by atoms with Gasteiger partial charge in [0.05, 0.1) is 34.1 Å². The Bertz CT molecular complexity index is 2150. The Balaban J connectivity index is 1.24. The van der Waals surface area contributed by atoms with Crippen LogP contribution in [0.15, 0.2) is 93.6 Å². The van der Waals surface area contributed by atoms with Gasteiger partial charge in [-0.1, -0.05) is 54.9 Å². The summed E-state index contributed by atoms with van der Waals surface area (Å²) in [5, 5.41) is 17.0. The molecule has 16 heteroatoms. The van der Waals surface area contributed by atoms with Gasteiger partial charge in [-0.05, 0) is 49.2 Å². The minimum Gasteiger partial charge on any atom is -0.486 e. The molecule has 0 atom stereocenters. The third-order valence-corrected chi connectivity index (χ3v) is 12.4. The number of nitro groups is 1. The molecule has 2 fully saturated rings. The predicted molar refractivity (Wildman–Crippen MR) is 179 cm³/mol. The van der Waals surface area contributed by atoms with E-state index >= 15 is 0 Å². The maximum atomic E-state index is 13.7. The molecule has 1 saturated carbocycles. The minimum atomic E-state index is -4.30. The maximum Gasteiger partial charge on any atom is 0.316 e. The molecule has 4 aromatic rings. The molecule has 0 amide bonds. The van der Waals surface area contributed by atoms with Gasteiger partial charge in [0, 0.05) is 42.2 Å². The van der Waals surface area contributed by atoms with Crippen LogP contribution < -0.4 is 15.2 Å². The van der Waals surface area contributed by atoms with Gasteiger partial charge in [-0.2, -0.15) is 14.1 Å². The number of nitro benzene ring substituents is 1. The van der Waals surface area contributed by atoms with E-state index in [1.165, 1.54) is 51.6 Å². The van der Waals surface area contributed by atoms with E-state index in [9.17, 15) is 31.7 Å². The van der Waals surface area contributed by atoms with E-state index in [2.05, 4.69) is 12.0 Å². The average Bonchev–Trinajstić information content (AvgIpc) is 3.81. The molecule has 0 N–H and O–H groups in total. The van der Waals surface area contributed by atoms with Crippen molar-refractivity contribution in [2.24, 2.45) is 5.41 Å². The molecule has 252 valence electrons. The zero-order valence-electron chi connectivity index (χ0n) is 25.9. The highest BCUT2D eigenvalue weighted by atomic mass is 35.5. The lowest BCUT2D eigenvalue weighted by Crippen LogP contribution is -2.49. The number of rotatable bonds is 11. The first kappa shape index (κ1) is 33.6. The topological polar surface area (TPSA) is 162 Å². The van der Waals surface area contributed by atoms with Crippen molar-refractivity contribution in [1.29, 1.82) is 0 Å². The number of sulfone groups is 1. The molecule has 2 heterocycles. The fraction of sp³-hybridized carbons (Fsp3) is 0.312. The SMILES string of the molecule is CC1(COc2c(N3CCN(S(=O)(=O)Cc4cccc(S(=O)(=O)c5ccccc5)c4[N+](=O)[O-])CC3)cnn(-c3cccc(Cl)c3)c2=O)CC1. The molecular weight excluding hydrogens is 682 g/mol. The number of ether oxygens (including phenoxy) is 1. The van der Waals surface area contributed by atoms with Crippen LogP contribution in [0.5, 0.6) is 5.75 Å². The zero-order chi connectivity index (χ0) is 34.3. The van der Waals surface area contributed by atoms with Crippen LogP contribution in [0.25, 0.3) is 5.69 Å². The quantitative estimate of drug-likeness (QED) is 0.160. The smallest absolute Gasteiger partial charge is 0.316 e. The molecule has 0 spiro atoms. The van der Waals surface area contributed by atoms with E-state index in [4.69, 9.17) is 16.3 Å². The van der Waals surface area contributed by atoms with Crippen LogP contribution in [0.1, 0.15) is 25.3 Å². The van der Waals surface area contributed by atoms with Crippen LogP contribution in [-0.4, -0.2) is 68.6 Å². The van der Waals surface area contributed by atoms with E-state index in [1.54, 1.807) is 30.3 Å². The van der Waals surface area contributed by atoms with E-state index in [0.717, 1.165) is 18.9 Å². The van der Waals surface area contributed by atoms with Crippen molar-refractivity contribution in [2.75, 3.05) is 37.7 Å². The number of halogens is 1. The van der Waals surface area contributed by atoms with Crippen LogP contribution in [0, 0.1) is 15.5 Å². The van der Waals surface area contributed by atoms with Gasteiger partial charge in [-0.15, -0.1) is 0 Å². The number of sulfonamides is 1. The third kappa shape index (κ3) is 6.81. The Labute approximate surface area is 282 Å². The first-order valence-corrected chi connectivity index (χ1v) is 18.6. The molecular formula is C32H32ClN5O8S2. The zero-order valence-corrected chi connectivity index (χ0v) is 28.2. The van der Waals surface area contributed by atoms with Crippen molar-refractivity contribution in [3.8, 4) is 11.4 Å². The normalized spacial score (nSPS) is 16.4. The summed E-state index contributed by atoms with van der Waals surface area (Å²) in [6.07, 6.45) is 3.47. The Kier molecular flexibility index (Phi) is 9.06. The van der Waals surface area contributed by atoms with Gasteiger partial charge in [-0.25, -0.2) is 16.8 Å². The summed E-state index contributed by atoms with van der Waals surface area (Å²) in [4.78, 5) is 26.1. The predicted octanol–water partition coefficient (Wildman–Crippen LogP) is 4.46. The number of para-hydroxylation sites is 1. The summed E-state index contributed by atoms with van der Waals surface area (Å²) < 4.78 is 62.4. The second-order valence-electron chi connectivity index (χ2n) is 12.1. The van der Waals surface area contributed by atoms with Gasteiger partial charge >= 0.3 is 5.56 Å². The fourth-order valence-corrected chi connectivity index (χ4v) is 8.72. The largest absolute Gasteiger partial charge is 0.486 e. The van der Waals surface area contributed by atoms with Gasteiger partial charge in [-0.3, -0.25) is 14.9 Å². The summed E-state index contributed by atoms with van der Waals surface area (Å²) in [7, 11) is -8.43. The van der Waals surface area contributed by atoms with Crippen molar-refractivity contribution in [3.63, 3.8) is 0 Å². The molecule has 0 bridgehead atoms. The third-order valence-electron chi connectivity index (χ3n) is 8.55. The maximum absolute atomic E-state index is 13.7. The molecule has 1 aromatic heterocycles. The van der Waals surface area contributed by atoms with E-state index in [-0.39, 0.29) is 47.8 Å². The van der Waals surface area contributed by atoms with Crippen molar-refractivity contribution < 1.29 is 26.5 Å². The molecule has 1 aliphatic carbocycles. The average molecular weight is 714 g/mol. The van der Waals surface area contributed by atoms with Crippen LogP contribution in [-0.2, 0) is 25.6 Å². The first-order valence-electron chi connectivity index (χ1n) is 15.1. The van der Waals surface area contributed by atoms with Crippen LogP contribution >= 0.6 is 11.6 Å². The highest BCUT2D eigenvalue weighted by Gasteiger charge is 2.39. The van der Waals surface area contributed by atoms with Gasteiger partial charge in [0.25, 0.3) is 5.69 Å². The van der Waals surface area contributed by atoms with Crippen LogP contribution in [0.2, 0.25) is 5.02 Å². The standard InChI is InChI=1S/C32H32ClN5O8S2/c1-32(13-14-32)22-46-30-27(20-34-37(31(30)39)25-9-6-8-24(33)19-25)35-15-17-36(18-16-35)47(42,43)21-23-7-5-12-28(29(23)38(40)41)48(44,45)26-10-3-2-4-11-26/h2-12,19-20H,13-18,21-22H2,1H3. The van der Waals surface area contributed by atoms with E-state index in [1.807, 2.05) is 4.90 Å². The molecule has 2 aliphatic rings. The number of aromatic nitrogens is 2. The van der Waals surface area contributed by atoms with Gasteiger partial charge in [0.1, 0.15) is 10.6 Å². The van der Waals surface area contributed by atoms with Crippen LogP contribution in [0.4, 0.5) is 11.4 Å². The Morgan fingerprint density at radius 1 is 0.958 bits per heavy atom. The molecule has 6 rings (SSSR count). The second-order valence-corrected chi connectivity index (χ2v) is 16.5. The highest BCUT2D eigenvalue weighted by molar-refractivity contribution is 7.91. The Morgan fingerprint density at radius 2 is 1.65 bits per heavy atom. The monoisotopic (exact) mass is 713 g/mol. The Hall–Kier alpha value is -4.31. The second kappa shape index (κ2) is 13.0. The number of nitrogens with zero attached hydrogens (tertiary/aromatic N) is 5.